The molecule has 1 heterocycles. The minimum absolute atomic E-state index is 0.319. The minimum atomic E-state index is -0.341. The van der Waals surface area contributed by atoms with E-state index in [0.717, 1.165) is 16.8 Å². The van der Waals surface area contributed by atoms with Crippen molar-refractivity contribution in [3.63, 3.8) is 0 Å². The van der Waals surface area contributed by atoms with E-state index in [2.05, 4.69) is 15.6 Å². The van der Waals surface area contributed by atoms with Gasteiger partial charge in [-0.05, 0) is 43.2 Å². The van der Waals surface area contributed by atoms with Crippen LogP contribution in [0.2, 0.25) is 5.02 Å². The normalized spacial score (nSPS) is 11.4. The Kier molecular flexibility index (Phi) is 5.49. The third-order valence-electron chi connectivity index (χ3n) is 3.93. The van der Waals surface area contributed by atoms with Gasteiger partial charge in [-0.2, -0.15) is 10.2 Å². The number of nitrogens with zero attached hydrogens (tertiary/aromatic N) is 3. The first kappa shape index (κ1) is 17.9. The molecule has 5 nitrogen and oxygen atoms in total. The Labute approximate surface area is 157 Å². The molecule has 0 fully saturated rings. The first-order valence-corrected chi connectivity index (χ1v) is 8.58. The second-order valence-electron chi connectivity index (χ2n) is 6.03. The lowest BCUT2D eigenvalue weighted by Gasteiger charge is -2.03. The average Bonchev–Trinajstić information content (AvgIpc) is 3.10. The van der Waals surface area contributed by atoms with Crippen molar-refractivity contribution in [2.24, 2.45) is 5.10 Å². The number of benzene rings is 2. The number of hydrazone groups is 1. The fourth-order valence-electron chi connectivity index (χ4n) is 2.40. The summed E-state index contributed by atoms with van der Waals surface area (Å²) in [6.45, 7) is 4.44. The topological polar surface area (TPSA) is 59.3 Å². The standard InChI is InChI=1S/C20H19ClN4O/c1-14-3-7-17(8-4-14)15(2)22-23-20(26)19-11-12-25(24-19)13-16-5-9-18(21)10-6-16/h3-12H,13H2,1-2H3,(H,23,26)/b22-15+. The molecule has 0 bridgehead atoms. The summed E-state index contributed by atoms with van der Waals surface area (Å²) in [6, 6.07) is 17.2. The van der Waals surface area contributed by atoms with Crippen molar-refractivity contribution < 1.29 is 4.79 Å². The van der Waals surface area contributed by atoms with E-state index in [1.54, 1.807) is 16.9 Å². The van der Waals surface area contributed by atoms with E-state index in [4.69, 9.17) is 11.6 Å². The van der Waals surface area contributed by atoms with Gasteiger partial charge in [0.05, 0.1) is 12.3 Å². The van der Waals surface area contributed by atoms with Gasteiger partial charge in [-0.1, -0.05) is 53.6 Å². The van der Waals surface area contributed by atoms with Gasteiger partial charge >= 0.3 is 0 Å². The van der Waals surface area contributed by atoms with Crippen LogP contribution >= 0.6 is 11.6 Å². The molecule has 1 aromatic heterocycles. The van der Waals surface area contributed by atoms with Crippen molar-refractivity contribution >= 4 is 23.2 Å². The van der Waals surface area contributed by atoms with Crippen LogP contribution in [0.25, 0.3) is 0 Å². The third-order valence-corrected chi connectivity index (χ3v) is 4.18. The Morgan fingerprint density at radius 2 is 1.81 bits per heavy atom. The van der Waals surface area contributed by atoms with Crippen molar-refractivity contribution in [1.29, 1.82) is 0 Å². The number of hydrogen-bond donors (Lipinski definition) is 1. The molecule has 0 saturated carbocycles. The zero-order valence-corrected chi connectivity index (χ0v) is 15.4. The highest BCUT2D eigenvalue weighted by atomic mass is 35.5. The molecular formula is C20H19ClN4O. The Balaban J connectivity index is 1.63. The molecule has 132 valence electrons. The molecule has 1 N–H and O–H groups in total. The van der Waals surface area contributed by atoms with E-state index in [-0.39, 0.29) is 5.91 Å². The highest BCUT2D eigenvalue weighted by Gasteiger charge is 2.09. The van der Waals surface area contributed by atoms with Gasteiger partial charge in [0.15, 0.2) is 5.69 Å². The van der Waals surface area contributed by atoms with E-state index in [9.17, 15) is 4.79 Å². The van der Waals surface area contributed by atoms with E-state index in [0.29, 0.717) is 17.3 Å². The van der Waals surface area contributed by atoms with Crippen LogP contribution in [-0.4, -0.2) is 21.4 Å². The summed E-state index contributed by atoms with van der Waals surface area (Å²) in [4.78, 5) is 12.2. The number of carbonyl (C=O) groups is 1. The van der Waals surface area contributed by atoms with Crippen molar-refractivity contribution in [2.75, 3.05) is 0 Å². The fraction of sp³-hybridized carbons (Fsp3) is 0.150. The number of aromatic nitrogens is 2. The van der Waals surface area contributed by atoms with Crippen LogP contribution in [0, 0.1) is 6.92 Å². The van der Waals surface area contributed by atoms with Crippen LogP contribution < -0.4 is 5.43 Å². The van der Waals surface area contributed by atoms with Crippen LogP contribution in [0.3, 0.4) is 0 Å². The number of nitrogens with one attached hydrogen (secondary N) is 1. The maximum absolute atomic E-state index is 12.2. The Morgan fingerprint density at radius 3 is 2.50 bits per heavy atom. The lowest BCUT2D eigenvalue weighted by atomic mass is 10.1. The van der Waals surface area contributed by atoms with Crippen LogP contribution in [0.5, 0.6) is 0 Å². The van der Waals surface area contributed by atoms with Crippen LogP contribution in [0.15, 0.2) is 65.9 Å². The summed E-state index contributed by atoms with van der Waals surface area (Å²) in [6.07, 6.45) is 1.76. The monoisotopic (exact) mass is 366 g/mol. The Hall–Kier alpha value is -2.92. The molecule has 0 unspecified atom stereocenters. The summed E-state index contributed by atoms with van der Waals surface area (Å²) in [5.74, 6) is -0.341. The van der Waals surface area contributed by atoms with Gasteiger partial charge in [0.1, 0.15) is 0 Å². The third kappa shape index (κ3) is 4.58. The van der Waals surface area contributed by atoms with Gasteiger partial charge in [-0.15, -0.1) is 0 Å². The zero-order valence-electron chi connectivity index (χ0n) is 14.6. The number of halogens is 1. The van der Waals surface area contributed by atoms with Crippen LogP contribution in [0.4, 0.5) is 0 Å². The van der Waals surface area contributed by atoms with E-state index in [1.165, 1.54) is 5.56 Å². The van der Waals surface area contributed by atoms with Gasteiger partial charge in [-0.25, -0.2) is 5.43 Å². The number of rotatable bonds is 5. The minimum Gasteiger partial charge on any atom is -0.268 e. The van der Waals surface area contributed by atoms with Crippen molar-refractivity contribution in [3.8, 4) is 0 Å². The molecule has 0 spiro atoms. The van der Waals surface area contributed by atoms with Crippen LogP contribution in [0.1, 0.15) is 34.1 Å². The van der Waals surface area contributed by atoms with E-state index < -0.39 is 0 Å². The maximum Gasteiger partial charge on any atom is 0.291 e. The maximum atomic E-state index is 12.2. The second kappa shape index (κ2) is 7.97. The number of carbonyl (C=O) groups excluding carboxylic acids is 1. The van der Waals surface area contributed by atoms with Crippen molar-refractivity contribution in [1.82, 2.24) is 15.2 Å². The Morgan fingerprint density at radius 1 is 1.12 bits per heavy atom. The van der Waals surface area contributed by atoms with Crippen LogP contribution in [-0.2, 0) is 6.54 Å². The van der Waals surface area contributed by atoms with E-state index >= 15 is 0 Å². The highest BCUT2D eigenvalue weighted by molar-refractivity contribution is 6.30. The molecular weight excluding hydrogens is 348 g/mol. The quantitative estimate of drug-likeness (QED) is 0.547. The number of amides is 1. The van der Waals surface area contributed by atoms with Gasteiger partial charge in [-0.3, -0.25) is 9.48 Å². The summed E-state index contributed by atoms with van der Waals surface area (Å²) < 4.78 is 1.70. The smallest absolute Gasteiger partial charge is 0.268 e. The first-order chi connectivity index (χ1) is 12.5. The summed E-state index contributed by atoms with van der Waals surface area (Å²) in [5.41, 5.74) is 6.80. The molecule has 0 aliphatic heterocycles. The summed E-state index contributed by atoms with van der Waals surface area (Å²) in [7, 11) is 0. The number of aryl methyl sites for hydroxylation is 1. The zero-order chi connectivity index (χ0) is 18.5. The molecule has 0 radical (unpaired) electrons. The molecule has 0 aliphatic carbocycles. The van der Waals surface area contributed by atoms with Gasteiger partial charge < -0.3 is 0 Å². The predicted octanol–water partition coefficient (Wildman–Crippen LogP) is 4.05. The lowest BCUT2D eigenvalue weighted by molar-refractivity contribution is 0.0949. The molecule has 3 rings (SSSR count). The fourth-order valence-corrected chi connectivity index (χ4v) is 2.52. The predicted molar refractivity (Wildman–Crippen MR) is 104 cm³/mol. The van der Waals surface area contributed by atoms with Gasteiger partial charge in [0.2, 0.25) is 0 Å². The van der Waals surface area contributed by atoms with Crippen molar-refractivity contribution in [3.05, 3.63) is 88.2 Å². The Bertz CT molecular complexity index is 927. The molecule has 3 aromatic rings. The average molecular weight is 367 g/mol. The molecule has 6 heteroatoms. The van der Waals surface area contributed by atoms with Gasteiger partial charge in [0.25, 0.3) is 5.91 Å². The van der Waals surface area contributed by atoms with Crippen molar-refractivity contribution in [2.45, 2.75) is 20.4 Å². The molecule has 26 heavy (non-hydrogen) atoms. The van der Waals surface area contributed by atoms with Gasteiger partial charge in [0, 0.05) is 11.2 Å². The first-order valence-electron chi connectivity index (χ1n) is 8.21. The highest BCUT2D eigenvalue weighted by Crippen LogP contribution is 2.11. The SMILES string of the molecule is C/C(=N\NC(=O)c1ccn(Cc2ccc(Cl)cc2)n1)c1ccc(C)cc1. The van der Waals surface area contributed by atoms with E-state index in [1.807, 2.05) is 62.4 Å². The molecule has 0 aliphatic rings. The summed E-state index contributed by atoms with van der Waals surface area (Å²) in [5, 5.41) is 9.14. The largest absolute Gasteiger partial charge is 0.291 e. The molecule has 2 aromatic carbocycles. The lowest BCUT2D eigenvalue weighted by Crippen LogP contribution is -2.20. The summed E-state index contributed by atoms with van der Waals surface area (Å²) >= 11 is 5.88. The molecule has 0 atom stereocenters. The second-order valence-corrected chi connectivity index (χ2v) is 6.47. The molecule has 0 saturated heterocycles. The number of hydrogen-bond acceptors (Lipinski definition) is 3. The molecule has 1 amide bonds.